The van der Waals surface area contributed by atoms with E-state index in [0.29, 0.717) is 5.65 Å². The van der Waals surface area contributed by atoms with E-state index in [1.165, 1.54) is 19.2 Å². The van der Waals surface area contributed by atoms with Crippen molar-refractivity contribution in [2.24, 2.45) is 0 Å². The number of benzene rings is 1. The molecule has 0 fully saturated rings. The number of methoxy groups -OCH3 is 1. The Morgan fingerprint density at radius 1 is 1.26 bits per heavy atom. The number of hydrogen-bond acceptors (Lipinski definition) is 6. The summed E-state index contributed by atoms with van der Waals surface area (Å²) >= 11 is 0. The van der Waals surface area contributed by atoms with Gasteiger partial charge in [-0.1, -0.05) is 38.1 Å². The first-order valence-electron chi connectivity index (χ1n) is 11.0. The van der Waals surface area contributed by atoms with Gasteiger partial charge < -0.3 is 19.5 Å². The van der Waals surface area contributed by atoms with E-state index >= 15 is 0 Å². The number of hydrogen-bond donors (Lipinski definition) is 2. The Morgan fingerprint density at radius 3 is 2.59 bits per heavy atom. The topological polar surface area (TPSA) is 108 Å². The molecule has 3 aromatic rings. The minimum Gasteiger partial charge on any atom is -0.469 e. The number of pyridine rings is 1. The van der Waals surface area contributed by atoms with Gasteiger partial charge in [-0.2, -0.15) is 5.26 Å². The largest absolute Gasteiger partial charge is 0.469 e. The van der Waals surface area contributed by atoms with Crippen molar-refractivity contribution < 1.29 is 24.1 Å². The molecule has 0 spiro atoms. The van der Waals surface area contributed by atoms with E-state index in [4.69, 9.17) is 4.98 Å². The second-order valence-corrected chi connectivity index (χ2v) is 8.38. The monoisotopic (exact) mass is 465 g/mol. The average Bonchev–Trinajstić information content (AvgIpc) is 3.19. The standard InChI is InChI=1S/C26H28FN3O4/c1-16(2)25-21(9-8-19(31)14-20(32)15-23(33)34-3)24(17-4-6-18(27)7-5-17)22-10-12-30(13-11-28)26(22)29-25/h4-10,12,16,19-20,31-32H,13-15H2,1-3H3. The molecule has 0 saturated heterocycles. The highest BCUT2D eigenvalue weighted by atomic mass is 19.1. The number of esters is 1. The predicted octanol–water partition coefficient (Wildman–Crippen LogP) is 4.18. The molecule has 2 aromatic heterocycles. The van der Waals surface area contributed by atoms with Crippen molar-refractivity contribution in [3.8, 4) is 17.2 Å². The second kappa shape index (κ2) is 11.1. The van der Waals surface area contributed by atoms with Crippen LogP contribution in [0.15, 0.2) is 42.6 Å². The van der Waals surface area contributed by atoms with Gasteiger partial charge >= 0.3 is 5.97 Å². The molecule has 34 heavy (non-hydrogen) atoms. The highest BCUT2D eigenvalue weighted by Crippen LogP contribution is 2.37. The fraction of sp³-hybridized carbons (Fsp3) is 0.346. The molecule has 0 aliphatic heterocycles. The highest BCUT2D eigenvalue weighted by molar-refractivity contribution is 5.98. The van der Waals surface area contributed by atoms with Crippen LogP contribution < -0.4 is 0 Å². The summed E-state index contributed by atoms with van der Waals surface area (Å²) in [4.78, 5) is 16.2. The second-order valence-electron chi connectivity index (χ2n) is 8.38. The lowest BCUT2D eigenvalue weighted by molar-refractivity contribution is -0.143. The van der Waals surface area contributed by atoms with E-state index < -0.39 is 18.2 Å². The Balaban J connectivity index is 2.12. The summed E-state index contributed by atoms with van der Waals surface area (Å²) < 4.78 is 20.0. The van der Waals surface area contributed by atoms with E-state index in [-0.39, 0.29) is 31.1 Å². The van der Waals surface area contributed by atoms with Crippen LogP contribution in [0.1, 0.15) is 43.9 Å². The summed E-state index contributed by atoms with van der Waals surface area (Å²) in [6.07, 6.45) is 2.78. The summed E-state index contributed by atoms with van der Waals surface area (Å²) in [5.41, 5.74) is 3.73. The van der Waals surface area contributed by atoms with E-state index in [1.807, 2.05) is 19.9 Å². The number of carbonyl (C=O) groups excluding carboxylic acids is 1. The van der Waals surface area contributed by atoms with Crippen molar-refractivity contribution in [1.82, 2.24) is 9.55 Å². The fourth-order valence-electron chi connectivity index (χ4n) is 3.90. The van der Waals surface area contributed by atoms with Gasteiger partial charge in [0.25, 0.3) is 0 Å². The van der Waals surface area contributed by atoms with Gasteiger partial charge in [-0.05, 0) is 29.7 Å². The minimum atomic E-state index is -1.05. The Labute approximate surface area is 197 Å². The Hall–Kier alpha value is -3.54. The first kappa shape index (κ1) is 25.1. The molecule has 0 radical (unpaired) electrons. The molecule has 1 aromatic carbocycles. The molecule has 0 bridgehead atoms. The van der Waals surface area contributed by atoms with Crippen LogP contribution in [0, 0.1) is 17.1 Å². The molecule has 2 heterocycles. The van der Waals surface area contributed by atoms with Gasteiger partial charge in [-0.15, -0.1) is 0 Å². The van der Waals surface area contributed by atoms with Crippen LogP contribution in [0.25, 0.3) is 28.2 Å². The smallest absolute Gasteiger partial charge is 0.308 e. The number of ether oxygens (including phenoxy) is 1. The van der Waals surface area contributed by atoms with Crippen molar-refractivity contribution >= 4 is 23.1 Å². The van der Waals surface area contributed by atoms with Crippen molar-refractivity contribution in [1.29, 1.82) is 5.26 Å². The molecule has 2 atom stereocenters. The molecular weight excluding hydrogens is 437 g/mol. The van der Waals surface area contributed by atoms with E-state index in [0.717, 1.165) is 27.8 Å². The van der Waals surface area contributed by atoms with Crippen LogP contribution in [0.2, 0.25) is 0 Å². The number of rotatable bonds is 9. The summed E-state index contributed by atoms with van der Waals surface area (Å²) in [6.45, 7) is 4.13. The molecule has 0 saturated carbocycles. The predicted molar refractivity (Wildman–Crippen MR) is 127 cm³/mol. The zero-order valence-electron chi connectivity index (χ0n) is 19.4. The number of nitriles is 1. The van der Waals surface area contributed by atoms with Gasteiger partial charge in [0, 0.05) is 29.1 Å². The van der Waals surface area contributed by atoms with Crippen LogP contribution in [0.5, 0.6) is 0 Å². The third-order valence-corrected chi connectivity index (χ3v) is 5.52. The van der Waals surface area contributed by atoms with Gasteiger partial charge in [0.2, 0.25) is 0 Å². The molecule has 2 N–H and O–H groups in total. The van der Waals surface area contributed by atoms with Crippen LogP contribution in [-0.2, 0) is 16.1 Å². The lowest BCUT2D eigenvalue weighted by Crippen LogP contribution is -2.20. The molecular formula is C26H28FN3O4. The van der Waals surface area contributed by atoms with Crippen LogP contribution in [0.3, 0.4) is 0 Å². The van der Waals surface area contributed by atoms with Gasteiger partial charge in [-0.3, -0.25) is 4.79 Å². The van der Waals surface area contributed by atoms with E-state index in [2.05, 4.69) is 10.8 Å². The molecule has 0 aliphatic carbocycles. The molecule has 0 amide bonds. The van der Waals surface area contributed by atoms with Crippen molar-refractivity contribution in [2.75, 3.05) is 7.11 Å². The number of aliphatic hydroxyl groups excluding tert-OH is 2. The maximum atomic E-state index is 13.7. The quantitative estimate of drug-likeness (QED) is 0.459. The summed E-state index contributed by atoms with van der Waals surface area (Å²) in [7, 11) is 1.24. The van der Waals surface area contributed by atoms with Crippen LogP contribution in [-0.4, -0.2) is 45.1 Å². The van der Waals surface area contributed by atoms with Crippen LogP contribution in [0.4, 0.5) is 4.39 Å². The number of nitrogens with zero attached hydrogens (tertiary/aromatic N) is 3. The summed E-state index contributed by atoms with van der Waals surface area (Å²) in [5, 5.41) is 30.5. The number of fused-ring (bicyclic) bond motifs is 1. The van der Waals surface area contributed by atoms with E-state index in [9.17, 15) is 24.7 Å². The Kier molecular flexibility index (Phi) is 8.16. The fourth-order valence-corrected chi connectivity index (χ4v) is 3.90. The van der Waals surface area contributed by atoms with Crippen LogP contribution >= 0.6 is 0 Å². The minimum absolute atomic E-state index is 0.00995. The van der Waals surface area contributed by atoms with Gasteiger partial charge in [0.15, 0.2) is 0 Å². The molecule has 178 valence electrons. The normalized spacial score (nSPS) is 13.4. The Morgan fingerprint density at radius 2 is 1.97 bits per heavy atom. The van der Waals surface area contributed by atoms with Crippen molar-refractivity contribution in [3.63, 3.8) is 0 Å². The number of carbonyl (C=O) groups is 1. The zero-order chi connectivity index (χ0) is 24.8. The van der Waals surface area contributed by atoms with Gasteiger partial charge in [0.1, 0.15) is 18.0 Å². The van der Waals surface area contributed by atoms with Gasteiger partial charge in [0.05, 0.1) is 37.5 Å². The summed E-state index contributed by atoms with van der Waals surface area (Å²) in [6, 6.07) is 10.1. The number of aromatic nitrogens is 2. The molecule has 7 nitrogen and oxygen atoms in total. The third-order valence-electron chi connectivity index (χ3n) is 5.52. The third kappa shape index (κ3) is 5.68. The SMILES string of the molecule is COC(=O)CC(O)CC(O)C=Cc1c(C(C)C)nc2c(ccn2CC#N)c1-c1ccc(F)cc1. The van der Waals surface area contributed by atoms with Crippen molar-refractivity contribution in [3.05, 3.63) is 59.7 Å². The maximum absolute atomic E-state index is 13.7. The highest BCUT2D eigenvalue weighted by Gasteiger charge is 2.20. The zero-order valence-corrected chi connectivity index (χ0v) is 19.4. The van der Waals surface area contributed by atoms with Gasteiger partial charge in [-0.25, -0.2) is 9.37 Å². The Bertz CT molecular complexity index is 1230. The average molecular weight is 466 g/mol. The number of halogens is 1. The maximum Gasteiger partial charge on any atom is 0.308 e. The first-order chi connectivity index (χ1) is 16.2. The van der Waals surface area contributed by atoms with Crippen molar-refractivity contribution in [2.45, 2.75) is 51.4 Å². The lowest BCUT2D eigenvalue weighted by atomic mass is 9.91. The lowest BCUT2D eigenvalue weighted by Gasteiger charge is -2.17. The summed E-state index contributed by atoms with van der Waals surface area (Å²) in [5.74, 6) is -0.899. The molecule has 3 rings (SSSR count). The van der Waals surface area contributed by atoms with E-state index in [1.54, 1.807) is 35.0 Å². The molecule has 8 heteroatoms. The first-order valence-corrected chi connectivity index (χ1v) is 11.0. The molecule has 2 unspecified atom stereocenters. The molecule has 0 aliphatic rings. The number of aliphatic hydroxyl groups is 2.